The Labute approximate surface area is 499 Å². The maximum Gasteiger partial charge on any atom is 0.252 e. The van der Waals surface area contributed by atoms with Gasteiger partial charge in [-0.25, -0.2) is 0 Å². The molecule has 0 unspecified atom stereocenters. The van der Waals surface area contributed by atoms with Gasteiger partial charge in [0.05, 0.1) is 6.04 Å². The number of hydrogen-bond donors (Lipinski definition) is 10. The minimum atomic E-state index is -1.74. The number of phenols is 1. The van der Waals surface area contributed by atoms with Crippen LogP contribution >= 0.6 is 0 Å². The van der Waals surface area contributed by atoms with Gasteiger partial charge in [-0.1, -0.05) is 202 Å². The third-order valence-corrected chi connectivity index (χ3v) is 16.3. The fourth-order valence-electron chi connectivity index (χ4n) is 11.2. The Morgan fingerprint density at radius 1 is 0.571 bits per heavy atom. The van der Waals surface area contributed by atoms with Gasteiger partial charge in [-0.05, 0) is 96.7 Å². The van der Waals surface area contributed by atoms with Crippen LogP contribution in [0.25, 0.3) is 10.8 Å². The number of amides is 5. The molecular weight excluding hydrogens is 1060 g/mol. The first-order valence-corrected chi connectivity index (χ1v) is 31.4. The summed E-state index contributed by atoms with van der Waals surface area (Å²) in [5.74, 6) is -3.45. The van der Waals surface area contributed by atoms with E-state index in [0.717, 1.165) is 57.9 Å². The van der Waals surface area contributed by atoms with E-state index in [1.165, 1.54) is 103 Å². The molecule has 9 atom stereocenters. The predicted octanol–water partition coefficient (Wildman–Crippen LogP) is 8.39. The molecule has 4 aromatic carbocycles. The number of aromatic hydroxyl groups is 1. The zero-order valence-electron chi connectivity index (χ0n) is 50.4. The van der Waals surface area contributed by atoms with E-state index < -0.39 is 84.4 Å². The van der Waals surface area contributed by atoms with Crippen molar-refractivity contribution in [2.24, 2.45) is 11.5 Å². The largest absolute Gasteiger partial charge is 0.508 e. The molecule has 17 nitrogen and oxygen atoms in total. The molecule has 5 rings (SSSR count). The third-order valence-electron chi connectivity index (χ3n) is 16.3. The van der Waals surface area contributed by atoms with Crippen LogP contribution in [0.15, 0.2) is 84.9 Å². The Morgan fingerprint density at radius 2 is 1.10 bits per heavy atom. The summed E-state index contributed by atoms with van der Waals surface area (Å²) in [6.07, 6.45) is 18.1. The molecule has 1 aliphatic heterocycles. The number of ether oxygens (including phenoxy) is 2. The molecule has 464 valence electrons. The summed E-state index contributed by atoms with van der Waals surface area (Å²) in [5, 5.41) is 55.4. The van der Waals surface area contributed by atoms with Crippen LogP contribution < -0.4 is 32.7 Å². The highest BCUT2D eigenvalue weighted by Gasteiger charge is 2.47. The van der Waals surface area contributed by atoms with Crippen molar-refractivity contribution < 1.29 is 53.9 Å². The molecule has 1 fully saturated rings. The second-order valence-corrected chi connectivity index (χ2v) is 23.3. The molecule has 0 aromatic heterocycles. The molecule has 0 bridgehead atoms. The lowest BCUT2D eigenvalue weighted by Gasteiger charge is -2.39. The molecule has 0 saturated carbocycles. The number of carbonyl (C=O) groups excluding carboxylic acids is 5. The summed E-state index contributed by atoms with van der Waals surface area (Å²) in [6.45, 7) is 6.14. The van der Waals surface area contributed by atoms with Gasteiger partial charge in [0.25, 0.3) is 5.91 Å². The zero-order valence-corrected chi connectivity index (χ0v) is 50.4. The number of nitrogens with two attached hydrogens (primary N) is 2. The lowest BCUT2D eigenvalue weighted by atomic mass is 9.95. The Hall–Kier alpha value is -5.95. The van der Waals surface area contributed by atoms with E-state index in [-0.39, 0.29) is 57.4 Å². The Morgan fingerprint density at radius 3 is 1.69 bits per heavy atom. The summed E-state index contributed by atoms with van der Waals surface area (Å²) >= 11 is 0. The lowest BCUT2D eigenvalue weighted by Crippen LogP contribution is -2.62. The van der Waals surface area contributed by atoms with Gasteiger partial charge < -0.3 is 62.6 Å². The summed E-state index contributed by atoms with van der Waals surface area (Å²) in [5.41, 5.74) is 16.1. The number of carbonyl (C=O) groups is 5. The summed E-state index contributed by atoms with van der Waals surface area (Å²) in [4.78, 5) is 69.2. The Kier molecular flexibility index (Phi) is 31.3. The minimum Gasteiger partial charge on any atom is -0.508 e. The third kappa shape index (κ3) is 23.8. The van der Waals surface area contributed by atoms with Gasteiger partial charge in [0.2, 0.25) is 23.6 Å². The van der Waals surface area contributed by atoms with Crippen molar-refractivity contribution in [3.05, 3.63) is 113 Å². The summed E-state index contributed by atoms with van der Waals surface area (Å²) in [7, 11) is 0. The smallest absolute Gasteiger partial charge is 0.252 e. The van der Waals surface area contributed by atoms with Gasteiger partial charge in [0.15, 0.2) is 12.4 Å². The van der Waals surface area contributed by atoms with Crippen molar-refractivity contribution >= 4 is 40.3 Å². The number of benzene rings is 4. The molecule has 1 saturated heterocycles. The van der Waals surface area contributed by atoms with Crippen LogP contribution in [0, 0.1) is 13.8 Å². The number of aryl methyl sites for hydroxylation is 2. The van der Waals surface area contributed by atoms with Crippen LogP contribution in [-0.4, -0.2) is 118 Å². The Bertz CT molecular complexity index is 2580. The molecule has 1 aliphatic rings. The molecule has 84 heavy (non-hydrogen) atoms. The highest BCUT2D eigenvalue weighted by molar-refractivity contribution is 5.95. The number of rotatable bonds is 41. The molecule has 1 heterocycles. The maximum atomic E-state index is 14.6. The highest BCUT2D eigenvalue weighted by Crippen LogP contribution is 2.25. The predicted molar refractivity (Wildman–Crippen MR) is 330 cm³/mol. The van der Waals surface area contributed by atoms with E-state index in [4.69, 9.17) is 20.9 Å². The fraction of sp³-hybridized carbons (Fsp3) is 0.597. The second kappa shape index (κ2) is 38.2. The van der Waals surface area contributed by atoms with E-state index in [2.05, 4.69) is 28.2 Å². The van der Waals surface area contributed by atoms with Crippen molar-refractivity contribution in [1.29, 1.82) is 0 Å². The van der Waals surface area contributed by atoms with Crippen LogP contribution in [-0.2, 0) is 52.7 Å². The normalized spacial score (nSPS) is 18.3. The van der Waals surface area contributed by atoms with Gasteiger partial charge >= 0.3 is 0 Å². The van der Waals surface area contributed by atoms with E-state index in [1.54, 1.807) is 26.0 Å². The number of primary amides is 1. The molecule has 5 amide bonds. The number of hydrogen-bond acceptors (Lipinski definition) is 12. The van der Waals surface area contributed by atoms with Crippen molar-refractivity contribution in [2.75, 3.05) is 13.2 Å². The van der Waals surface area contributed by atoms with Crippen molar-refractivity contribution in [3.63, 3.8) is 0 Å². The minimum absolute atomic E-state index is 0.00765. The monoisotopic (exact) mass is 1160 g/mol. The van der Waals surface area contributed by atoms with E-state index in [9.17, 15) is 44.4 Å². The SMILES string of the molecule is CCCCCCCCCCCCCCCCCCCCCCO[C@@H]1O[C@H](C(=O)NCCCC[C@@H](NC(=O)[C@@H](N)Cc2c(C)cc(O)cc2C)C(=O)N[C@@H](Cc2cccc3ccccc23)C(=O)N[C@@H](Cc2ccccc2)C(N)=O)[C@@H](O)[C@H](O)[C@H]1O. The number of nitrogens with one attached hydrogen (secondary N) is 4. The molecule has 0 spiro atoms. The number of phenolic OH excluding ortho intramolecular Hbond substituents is 1. The first-order valence-electron chi connectivity index (χ1n) is 31.4. The van der Waals surface area contributed by atoms with E-state index in [1.807, 2.05) is 72.8 Å². The first kappa shape index (κ1) is 68.8. The van der Waals surface area contributed by atoms with Gasteiger partial charge in [-0.3, -0.25) is 24.0 Å². The van der Waals surface area contributed by atoms with Crippen LogP contribution in [0.5, 0.6) is 5.75 Å². The number of aliphatic hydroxyl groups is 3. The molecule has 4 aromatic rings. The number of aliphatic hydroxyl groups excluding tert-OH is 3. The molecular formula is C67H100N6O11. The van der Waals surface area contributed by atoms with Crippen LogP contribution in [0.1, 0.15) is 182 Å². The quantitative estimate of drug-likeness (QED) is 0.0188. The van der Waals surface area contributed by atoms with Gasteiger partial charge in [0.1, 0.15) is 42.2 Å². The summed E-state index contributed by atoms with van der Waals surface area (Å²) < 4.78 is 11.6. The van der Waals surface area contributed by atoms with Gasteiger partial charge in [0, 0.05) is 26.0 Å². The first-order chi connectivity index (χ1) is 40.6. The molecule has 0 radical (unpaired) electrons. The molecule has 12 N–H and O–H groups in total. The van der Waals surface area contributed by atoms with Crippen LogP contribution in [0.4, 0.5) is 0 Å². The maximum absolute atomic E-state index is 14.6. The van der Waals surface area contributed by atoms with Crippen LogP contribution in [0.2, 0.25) is 0 Å². The standard InChI is InChI=1S/C67H100N6O11/c1-4-5-6-7-8-9-10-11-12-13-14-15-16-17-18-19-20-21-22-30-40-83-67-60(77)58(75)59(76)61(84-67)66(82)70-39-29-28-38-55(71-63(79)54(68)45-53-46(2)41-51(74)42-47(53)3)64(80)73-57(44-50-36-31-35-49-34-26-27-37-52(49)50)65(81)72-56(62(69)78)43-48-32-24-23-25-33-48/h23-27,31-37,41-42,54-61,67,74-77H,4-22,28-30,38-40,43-45,68H2,1-3H3,(H2,69,78)(H,70,82)(H,71,79)(H,72,81)(H,73,80)/t54-,55+,56-,57-,58-,59-,60+,61-,67+/m0/s1. The van der Waals surface area contributed by atoms with Gasteiger partial charge in [-0.2, -0.15) is 0 Å². The summed E-state index contributed by atoms with van der Waals surface area (Å²) in [6, 6.07) is 20.7. The average molecular weight is 1170 g/mol. The zero-order chi connectivity index (χ0) is 60.6. The topological polar surface area (TPSA) is 285 Å². The average Bonchev–Trinajstić information content (AvgIpc) is 2.97. The highest BCUT2D eigenvalue weighted by atomic mass is 16.7. The van der Waals surface area contributed by atoms with E-state index in [0.29, 0.717) is 6.42 Å². The molecule has 0 aliphatic carbocycles. The number of unbranched alkanes of at least 4 members (excludes halogenated alkanes) is 20. The van der Waals surface area contributed by atoms with Crippen LogP contribution in [0.3, 0.4) is 0 Å². The van der Waals surface area contributed by atoms with Crippen molar-refractivity contribution in [2.45, 2.75) is 243 Å². The van der Waals surface area contributed by atoms with Crippen molar-refractivity contribution in [1.82, 2.24) is 21.3 Å². The van der Waals surface area contributed by atoms with Crippen molar-refractivity contribution in [3.8, 4) is 5.75 Å². The second-order valence-electron chi connectivity index (χ2n) is 23.3. The number of fused-ring (bicyclic) bond motifs is 1. The van der Waals surface area contributed by atoms with E-state index >= 15 is 0 Å². The lowest BCUT2D eigenvalue weighted by molar-refractivity contribution is -0.290. The fourth-order valence-corrected chi connectivity index (χ4v) is 11.2. The Balaban J connectivity index is 1.12. The van der Waals surface area contributed by atoms with Gasteiger partial charge in [-0.15, -0.1) is 0 Å². The molecule has 17 heteroatoms.